The van der Waals surface area contributed by atoms with Gasteiger partial charge in [0, 0.05) is 24.8 Å². The van der Waals surface area contributed by atoms with Crippen molar-refractivity contribution in [3.8, 4) is 5.75 Å². The third-order valence-corrected chi connectivity index (χ3v) is 6.06. The van der Waals surface area contributed by atoms with E-state index in [0.29, 0.717) is 0 Å². The summed E-state index contributed by atoms with van der Waals surface area (Å²) in [6, 6.07) is 18.3. The van der Waals surface area contributed by atoms with Crippen LogP contribution >= 0.6 is 0 Å². The fraction of sp³-hybridized carbons (Fsp3) is 0.455. The fourth-order valence-electron chi connectivity index (χ4n) is 4.74. The Kier molecular flexibility index (Phi) is 8.43. The Morgan fingerprint density at radius 3 is 2.59 bits per heavy atom. The van der Waals surface area contributed by atoms with E-state index < -0.39 is 0 Å². The van der Waals surface area contributed by atoms with Crippen molar-refractivity contribution in [2.75, 3.05) is 26.7 Å². The van der Waals surface area contributed by atoms with Gasteiger partial charge in [0.25, 0.3) is 0 Å². The van der Waals surface area contributed by atoms with Gasteiger partial charge in [-0.3, -0.25) is 0 Å². The molecule has 0 amide bonds. The van der Waals surface area contributed by atoms with Crippen LogP contribution in [0.3, 0.4) is 0 Å². The van der Waals surface area contributed by atoms with E-state index in [2.05, 4.69) is 48.5 Å². The van der Waals surface area contributed by atoms with Gasteiger partial charge < -0.3 is 39.4 Å². The molecule has 4 rings (SSSR count). The molecule has 3 unspecified atom stereocenters. The van der Waals surface area contributed by atoms with Crippen molar-refractivity contribution in [3.05, 3.63) is 65.2 Å². The van der Waals surface area contributed by atoms with Gasteiger partial charge in [-0.2, -0.15) is 0 Å². The first-order valence-corrected chi connectivity index (χ1v) is 9.70. The van der Waals surface area contributed by atoms with Crippen molar-refractivity contribution in [2.45, 2.75) is 38.4 Å². The van der Waals surface area contributed by atoms with Gasteiger partial charge in [0.15, 0.2) is 0 Å². The van der Waals surface area contributed by atoms with Crippen molar-refractivity contribution in [1.82, 2.24) is 0 Å². The maximum atomic E-state index is 5.63. The van der Waals surface area contributed by atoms with Crippen LogP contribution in [0.15, 0.2) is 48.5 Å². The fourth-order valence-corrected chi connectivity index (χ4v) is 4.74. The zero-order valence-electron chi connectivity index (χ0n) is 16.0. The second-order valence-electron chi connectivity index (χ2n) is 7.64. The zero-order valence-corrected chi connectivity index (χ0v) is 17.5. The number of benzene rings is 2. The average molecular weight is 409 g/mol. The minimum Gasteiger partial charge on any atom is -1.00 e. The highest BCUT2D eigenvalue weighted by molar-refractivity contribution is 5.40. The van der Waals surface area contributed by atoms with Crippen molar-refractivity contribution < 1.29 is 39.4 Å². The first-order valence-electron chi connectivity index (χ1n) is 9.70. The summed E-state index contributed by atoms with van der Waals surface area (Å²) in [7, 11) is 1.80. The first kappa shape index (κ1) is 22.0. The third kappa shape index (κ3) is 5.17. The average Bonchev–Trinajstić information content (AvgIpc) is 2.68. The highest BCUT2D eigenvalue weighted by Crippen LogP contribution is 2.23. The van der Waals surface area contributed by atoms with Crippen LogP contribution in [-0.4, -0.2) is 32.8 Å². The highest BCUT2D eigenvalue weighted by Gasteiger charge is 2.34. The monoisotopic (exact) mass is 408 g/mol. The van der Waals surface area contributed by atoms with Crippen LogP contribution in [0.4, 0.5) is 0 Å². The lowest BCUT2D eigenvalue weighted by Crippen LogP contribution is -3.24. The predicted molar refractivity (Wildman–Crippen MR) is 100 cm³/mol. The maximum Gasteiger partial charge on any atom is 0.137 e. The molecule has 5 heteroatoms. The van der Waals surface area contributed by atoms with Gasteiger partial charge in [-0.25, -0.2) is 0 Å². The van der Waals surface area contributed by atoms with E-state index in [-0.39, 0.29) is 24.8 Å². The van der Waals surface area contributed by atoms with Crippen LogP contribution in [0.25, 0.3) is 0 Å². The van der Waals surface area contributed by atoms with E-state index in [0.717, 1.165) is 18.3 Å². The number of quaternary nitrogens is 2. The molecule has 148 valence electrons. The van der Waals surface area contributed by atoms with Crippen LogP contribution in [-0.2, 0) is 19.5 Å². The van der Waals surface area contributed by atoms with Gasteiger partial charge >= 0.3 is 0 Å². The molecule has 0 bridgehead atoms. The number of rotatable bonds is 4. The molecular weight excluding hydrogens is 379 g/mol. The van der Waals surface area contributed by atoms with E-state index in [1.165, 1.54) is 62.1 Å². The molecule has 2 aromatic carbocycles. The maximum absolute atomic E-state index is 5.63. The number of methoxy groups -OCH3 is 1. The molecule has 3 atom stereocenters. The summed E-state index contributed by atoms with van der Waals surface area (Å²) in [6.07, 6.45) is 3.92. The second kappa shape index (κ2) is 10.3. The van der Waals surface area contributed by atoms with E-state index >= 15 is 0 Å². The molecule has 2 aliphatic heterocycles. The Hall–Kier alpha value is -1.26. The van der Waals surface area contributed by atoms with Gasteiger partial charge in [-0.1, -0.05) is 42.5 Å². The molecule has 3 nitrogen and oxygen atoms in total. The van der Waals surface area contributed by atoms with Crippen LogP contribution in [0.2, 0.25) is 0 Å². The molecule has 2 heterocycles. The lowest BCUT2D eigenvalue weighted by molar-refractivity contribution is -0.998. The number of fused-ring (bicyclic) bond motifs is 1. The highest BCUT2D eigenvalue weighted by atomic mass is 35.5. The van der Waals surface area contributed by atoms with E-state index in [1.807, 2.05) is 0 Å². The van der Waals surface area contributed by atoms with E-state index in [1.54, 1.807) is 16.9 Å². The molecular formula is C22H30Cl2N2O. The summed E-state index contributed by atoms with van der Waals surface area (Å²) < 4.78 is 5.63. The largest absolute Gasteiger partial charge is 1.00 e. The summed E-state index contributed by atoms with van der Waals surface area (Å²) in [5.41, 5.74) is 4.41. The number of ether oxygens (including phenoxy) is 1. The quantitative estimate of drug-likeness (QED) is 0.517. The third-order valence-electron chi connectivity index (χ3n) is 6.06. The molecule has 2 aromatic rings. The Morgan fingerprint density at radius 1 is 1.00 bits per heavy atom. The summed E-state index contributed by atoms with van der Waals surface area (Å²) in [5, 5.41) is 0. The smallest absolute Gasteiger partial charge is 0.137 e. The Morgan fingerprint density at radius 2 is 1.81 bits per heavy atom. The molecule has 0 aromatic heterocycles. The number of piperidine rings is 1. The normalized spacial score (nSPS) is 24.1. The van der Waals surface area contributed by atoms with Crippen LogP contribution < -0.4 is 39.4 Å². The summed E-state index contributed by atoms with van der Waals surface area (Å²) in [5.74, 6) is 1.08. The van der Waals surface area contributed by atoms with E-state index in [9.17, 15) is 0 Å². The number of hydrogen-bond donors (Lipinski definition) is 2. The minimum absolute atomic E-state index is 0. The van der Waals surface area contributed by atoms with Crippen LogP contribution in [0, 0.1) is 0 Å². The molecule has 2 aliphatic rings. The molecule has 0 spiro atoms. The summed E-state index contributed by atoms with van der Waals surface area (Å²) in [4.78, 5) is 3.52. The molecule has 2 N–H and O–H groups in total. The Balaban J connectivity index is 0.00000131. The topological polar surface area (TPSA) is 18.1 Å². The van der Waals surface area contributed by atoms with Crippen molar-refractivity contribution in [3.63, 3.8) is 0 Å². The predicted octanol–water partition coefficient (Wildman–Crippen LogP) is -5.11. The second-order valence-corrected chi connectivity index (χ2v) is 7.64. The number of halogens is 2. The molecule has 0 radical (unpaired) electrons. The number of hydrogen-bond acceptors (Lipinski definition) is 1. The van der Waals surface area contributed by atoms with Gasteiger partial charge in [-0.15, -0.1) is 0 Å². The zero-order chi connectivity index (χ0) is 17.1. The van der Waals surface area contributed by atoms with Crippen LogP contribution in [0.5, 0.6) is 5.75 Å². The molecule has 0 saturated carbocycles. The number of likely N-dealkylation sites (tertiary alicyclic amines) is 1. The van der Waals surface area contributed by atoms with Crippen LogP contribution in [0.1, 0.15) is 29.5 Å². The SMILES string of the molecule is COc1cccc2c1C[NH+](C1CCC[NH+](Cc3ccccc3)C1)CC2.[Cl-].[Cl-]. The van der Waals surface area contributed by atoms with Crippen molar-refractivity contribution in [1.29, 1.82) is 0 Å². The minimum atomic E-state index is 0. The number of nitrogens with one attached hydrogen (secondary N) is 2. The summed E-state index contributed by atoms with van der Waals surface area (Å²) in [6.45, 7) is 6.18. The van der Waals surface area contributed by atoms with Crippen molar-refractivity contribution in [2.24, 2.45) is 0 Å². The molecule has 27 heavy (non-hydrogen) atoms. The lowest BCUT2D eigenvalue weighted by atomic mass is 9.95. The van der Waals surface area contributed by atoms with Gasteiger partial charge in [0.05, 0.1) is 25.8 Å². The van der Waals surface area contributed by atoms with Gasteiger partial charge in [-0.05, 0) is 11.6 Å². The first-order chi connectivity index (χ1) is 12.3. The van der Waals surface area contributed by atoms with Gasteiger partial charge in [0.1, 0.15) is 31.4 Å². The summed E-state index contributed by atoms with van der Waals surface area (Å²) >= 11 is 0. The van der Waals surface area contributed by atoms with E-state index in [4.69, 9.17) is 4.74 Å². The lowest BCUT2D eigenvalue weighted by Gasteiger charge is -2.37. The Labute approximate surface area is 175 Å². The van der Waals surface area contributed by atoms with Gasteiger partial charge in [0.2, 0.25) is 0 Å². The van der Waals surface area contributed by atoms with Crippen molar-refractivity contribution >= 4 is 0 Å². The molecule has 1 fully saturated rings. The standard InChI is InChI=1S/C22H28N2O.2ClH/c1-25-22-11-5-9-19-12-14-24(17-21(19)22)20-10-6-13-23(16-20)15-18-7-3-2-4-8-18;;/h2-5,7-9,11,20H,6,10,12-17H2,1H3;2*1H. The molecule has 0 aliphatic carbocycles. The Bertz CT molecular complexity index is 696. The molecule has 1 saturated heterocycles.